The largest absolute Gasteiger partial charge is 0.469 e. The molecule has 2 N–H and O–H groups in total. The molecule has 2 aromatic rings. The highest BCUT2D eigenvalue weighted by Gasteiger charge is 2.20. The van der Waals surface area contributed by atoms with Crippen molar-refractivity contribution in [2.24, 2.45) is 4.99 Å². The Bertz CT molecular complexity index is 710. The summed E-state index contributed by atoms with van der Waals surface area (Å²) in [4.78, 5) is 7.30. The van der Waals surface area contributed by atoms with Crippen LogP contribution in [0.25, 0.3) is 0 Å². The van der Waals surface area contributed by atoms with Crippen LogP contribution in [-0.2, 0) is 17.7 Å². The molecule has 0 saturated carbocycles. The third-order valence-corrected chi connectivity index (χ3v) is 5.34. The highest BCUT2D eigenvalue weighted by Crippen LogP contribution is 2.14. The molecule has 0 aliphatic carbocycles. The molecule has 0 unspecified atom stereocenters. The first kappa shape index (κ1) is 22.4. The molecular formula is C24H36N4O2. The van der Waals surface area contributed by atoms with E-state index in [1.807, 2.05) is 19.1 Å². The van der Waals surface area contributed by atoms with Crippen molar-refractivity contribution in [1.82, 2.24) is 15.5 Å². The van der Waals surface area contributed by atoms with E-state index >= 15 is 0 Å². The highest BCUT2D eigenvalue weighted by molar-refractivity contribution is 5.80. The fourth-order valence-electron chi connectivity index (χ4n) is 3.68. The Balaban J connectivity index is 1.43. The lowest BCUT2D eigenvalue weighted by atomic mass is 10.0. The molecule has 1 aliphatic rings. The average Bonchev–Trinajstić information content (AvgIpc) is 3.29. The number of guanidine groups is 1. The van der Waals surface area contributed by atoms with Crippen LogP contribution in [-0.4, -0.2) is 56.3 Å². The Labute approximate surface area is 180 Å². The number of rotatable bonds is 11. The van der Waals surface area contributed by atoms with Gasteiger partial charge in [-0.2, -0.15) is 0 Å². The van der Waals surface area contributed by atoms with E-state index in [1.165, 1.54) is 5.56 Å². The number of ether oxygens (including phenoxy) is 1. The lowest BCUT2D eigenvalue weighted by Crippen LogP contribution is -2.49. The molecule has 6 nitrogen and oxygen atoms in total. The number of likely N-dealkylation sites (tertiary alicyclic amines) is 1. The zero-order valence-corrected chi connectivity index (χ0v) is 18.2. The molecule has 0 amide bonds. The van der Waals surface area contributed by atoms with E-state index in [0.717, 1.165) is 83.3 Å². The standard InChI is InChI=1S/C24H36N4O2/c1-2-29-18-7-14-25-24(26-15-11-23-10-6-19-30-23)27-22-12-16-28(17-13-22)20-21-8-4-3-5-9-21/h3-6,8-10,19,22H,2,7,11-18,20H2,1H3,(H2,25,26,27). The normalized spacial score (nSPS) is 16.0. The monoisotopic (exact) mass is 412 g/mol. The van der Waals surface area contributed by atoms with Crippen LogP contribution in [0.3, 0.4) is 0 Å². The summed E-state index contributed by atoms with van der Waals surface area (Å²) in [6.07, 6.45) is 5.77. The van der Waals surface area contributed by atoms with E-state index in [1.54, 1.807) is 6.26 Å². The summed E-state index contributed by atoms with van der Waals surface area (Å²) >= 11 is 0. The predicted octanol–water partition coefficient (Wildman–Crippen LogP) is 3.45. The van der Waals surface area contributed by atoms with E-state index in [0.29, 0.717) is 6.04 Å². The van der Waals surface area contributed by atoms with E-state index in [4.69, 9.17) is 14.1 Å². The average molecular weight is 413 g/mol. The van der Waals surface area contributed by atoms with Crippen molar-refractivity contribution in [3.05, 3.63) is 60.1 Å². The second kappa shape index (κ2) is 13.1. The van der Waals surface area contributed by atoms with Crippen molar-refractivity contribution in [3.63, 3.8) is 0 Å². The van der Waals surface area contributed by atoms with Gasteiger partial charge in [-0.1, -0.05) is 30.3 Å². The van der Waals surface area contributed by atoms with Crippen LogP contribution in [0.2, 0.25) is 0 Å². The molecule has 30 heavy (non-hydrogen) atoms. The Morgan fingerprint density at radius 1 is 1.17 bits per heavy atom. The maximum atomic E-state index is 5.43. The predicted molar refractivity (Wildman–Crippen MR) is 122 cm³/mol. The summed E-state index contributed by atoms with van der Waals surface area (Å²) in [5.74, 6) is 1.90. The zero-order valence-electron chi connectivity index (χ0n) is 18.2. The van der Waals surface area contributed by atoms with Crippen molar-refractivity contribution >= 4 is 5.96 Å². The Kier molecular flexibility index (Phi) is 9.76. The lowest BCUT2D eigenvalue weighted by Gasteiger charge is -2.33. The van der Waals surface area contributed by atoms with Gasteiger partial charge in [0.15, 0.2) is 5.96 Å². The highest BCUT2D eigenvalue weighted by atomic mass is 16.5. The van der Waals surface area contributed by atoms with Gasteiger partial charge in [-0.15, -0.1) is 0 Å². The fraction of sp³-hybridized carbons (Fsp3) is 0.542. The van der Waals surface area contributed by atoms with Gasteiger partial charge in [0.1, 0.15) is 5.76 Å². The molecule has 2 heterocycles. The smallest absolute Gasteiger partial charge is 0.191 e. The number of nitrogens with zero attached hydrogens (tertiary/aromatic N) is 2. The minimum Gasteiger partial charge on any atom is -0.469 e. The first-order valence-corrected chi connectivity index (χ1v) is 11.2. The van der Waals surface area contributed by atoms with Gasteiger partial charge < -0.3 is 19.8 Å². The van der Waals surface area contributed by atoms with Crippen molar-refractivity contribution in [2.45, 2.75) is 45.2 Å². The Hall–Kier alpha value is -2.31. The summed E-state index contributed by atoms with van der Waals surface area (Å²) in [6, 6.07) is 15.1. The van der Waals surface area contributed by atoms with E-state index in [-0.39, 0.29) is 0 Å². The van der Waals surface area contributed by atoms with Crippen molar-refractivity contribution in [2.75, 3.05) is 39.4 Å². The summed E-state index contributed by atoms with van der Waals surface area (Å²) in [5.41, 5.74) is 1.39. The van der Waals surface area contributed by atoms with E-state index in [2.05, 4.69) is 45.9 Å². The third-order valence-electron chi connectivity index (χ3n) is 5.34. The number of aliphatic imine (C=N–C) groups is 1. The third kappa shape index (κ3) is 8.20. The molecule has 1 aliphatic heterocycles. The molecule has 164 valence electrons. The van der Waals surface area contributed by atoms with Crippen LogP contribution in [0.1, 0.15) is 37.5 Å². The topological polar surface area (TPSA) is 62.0 Å². The summed E-state index contributed by atoms with van der Waals surface area (Å²) in [6.45, 7) is 8.37. The molecule has 1 saturated heterocycles. The first-order valence-electron chi connectivity index (χ1n) is 11.2. The number of furan rings is 1. The van der Waals surface area contributed by atoms with Gasteiger partial charge in [0.25, 0.3) is 0 Å². The molecule has 3 rings (SSSR count). The molecule has 1 aromatic carbocycles. The van der Waals surface area contributed by atoms with Gasteiger partial charge in [-0.05, 0) is 43.9 Å². The molecule has 0 spiro atoms. The van der Waals surface area contributed by atoms with Gasteiger partial charge >= 0.3 is 0 Å². The van der Waals surface area contributed by atoms with Gasteiger partial charge in [0, 0.05) is 58.4 Å². The van der Waals surface area contributed by atoms with Crippen LogP contribution in [0, 0.1) is 0 Å². The van der Waals surface area contributed by atoms with Crippen LogP contribution in [0.15, 0.2) is 58.1 Å². The van der Waals surface area contributed by atoms with Crippen LogP contribution in [0.5, 0.6) is 0 Å². The summed E-state index contributed by atoms with van der Waals surface area (Å²) in [5, 5.41) is 7.12. The minimum absolute atomic E-state index is 0.457. The summed E-state index contributed by atoms with van der Waals surface area (Å²) < 4.78 is 10.9. The first-order chi connectivity index (χ1) is 14.8. The number of hydrogen-bond donors (Lipinski definition) is 2. The minimum atomic E-state index is 0.457. The van der Waals surface area contributed by atoms with Crippen LogP contribution >= 0.6 is 0 Å². The van der Waals surface area contributed by atoms with Gasteiger partial charge in [0.05, 0.1) is 6.26 Å². The molecule has 0 radical (unpaired) electrons. The molecule has 0 atom stereocenters. The van der Waals surface area contributed by atoms with Gasteiger partial charge in [-0.3, -0.25) is 9.89 Å². The van der Waals surface area contributed by atoms with Crippen molar-refractivity contribution in [1.29, 1.82) is 0 Å². The fourth-order valence-corrected chi connectivity index (χ4v) is 3.68. The second-order valence-electron chi connectivity index (χ2n) is 7.72. The zero-order chi connectivity index (χ0) is 20.9. The number of hydrogen-bond acceptors (Lipinski definition) is 4. The molecule has 0 bridgehead atoms. The second-order valence-corrected chi connectivity index (χ2v) is 7.72. The Morgan fingerprint density at radius 3 is 2.73 bits per heavy atom. The maximum Gasteiger partial charge on any atom is 0.191 e. The molecular weight excluding hydrogens is 376 g/mol. The van der Waals surface area contributed by atoms with Crippen molar-refractivity contribution < 1.29 is 9.15 Å². The summed E-state index contributed by atoms with van der Waals surface area (Å²) in [7, 11) is 0. The number of benzene rings is 1. The van der Waals surface area contributed by atoms with Crippen LogP contribution < -0.4 is 10.6 Å². The molecule has 6 heteroatoms. The number of nitrogens with one attached hydrogen (secondary N) is 2. The lowest BCUT2D eigenvalue weighted by molar-refractivity contribution is 0.146. The maximum absolute atomic E-state index is 5.43. The number of piperidine rings is 1. The van der Waals surface area contributed by atoms with Crippen LogP contribution in [0.4, 0.5) is 0 Å². The SMILES string of the molecule is CCOCCCN=C(NCCc1ccco1)NC1CCN(Cc2ccccc2)CC1. The van der Waals surface area contributed by atoms with Crippen molar-refractivity contribution in [3.8, 4) is 0 Å². The van der Waals surface area contributed by atoms with E-state index in [9.17, 15) is 0 Å². The molecule has 1 aromatic heterocycles. The quantitative estimate of drug-likeness (QED) is 0.336. The van der Waals surface area contributed by atoms with Gasteiger partial charge in [0.2, 0.25) is 0 Å². The van der Waals surface area contributed by atoms with Gasteiger partial charge in [-0.25, -0.2) is 0 Å². The van der Waals surface area contributed by atoms with E-state index < -0.39 is 0 Å². The Morgan fingerprint density at radius 2 is 2.00 bits per heavy atom. The molecule has 1 fully saturated rings.